The van der Waals surface area contributed by atoms with Gasteiger partial charge in [-0.3, -0.25) is 4.79 Å². The Labute approximate surface area is 203 Å². The van der Waals surface area contributed by atoms with Gasteiger partial charge in [-0.05, 0) is 47.9 Å². The highest BCUT2D eigenvalue weighted by Crippen LogP contribution is 2.34. The van der Waals surface area contributed by atoms with Gasteiger partial charge in [0.1, 0.15) is 5.75 Å². The van der Waals surface area contributed by atoms with Crippen LogP contribution in [0.4, 0.5) is 10.1 Å². The fourth-order valence-electron chi connectivity index (χ4n) is 3.31. The summed E-state index contributed by atoms with van der Waals surface area (Å²) in [6.07, 6.45) is 0. The molecule has 1 atom stereocenters. The molecule has 35 heavy (non-hydrogen) atoms. The van der Waals surface area contributed by atoms with Crippen LogP contribution in [-0.2, 0) is 20.2 Å². The minimum atomic E-state index is -1.88. The van der Waals surface area contributed by atoms with Crippen LogP contribution in [0.15, 0.2) is 82.6 Å². The zero-order valence-electron chi connectivity index (χ0n) is 18.8. The first kappa shape index (κ1) is 25.6. The van der Waals surface area contributed by atoms with Crippen molar-refractivity contribution in [3.63, 3.8) is 0 Å². The Hall–Kier alpha value is -4.06. The van der Waals surface area contributed by atoms with Crippen LogP contribution < -0.4 is 21.7 Å². The van der Waals surface area contributed by atoms with Gasteiger partial charge in [0.25, 0.3) is 5.91 Å². The number of halogens is 1. The molecule has 0 aliphatic heterocycles. The summed E-state index contributed by atoms with van der Waals surface area (Å²) in [6, 6.07) is 17.9. The highest BCUT2D eigenvalue weighted by molar-refractivity contribution is 7.80. The van der Waals surface area contributed by atoms with Crippen LogP contribution in [0.3, 0.4) is 0 Å². The van der Waals surface area contributed by atoms with Crippen molar-refractivity contribution in [2.24, 2.45) is 16.8 Å². The summed E-state index contributed by atoms with van der Waals surface area (Å²) < 4.78 is 36.9. The number of anilines is 1. The van der Waals surface area contributed by atoms with E-state index < -0.39 is 22.8 Å². The van der Waals surface area contributed by atoms with Crippen LogP contribution >= 0.6 is 0 Å². The number of carbonyl (C=O) groups is 1. The van der Waals surface area contributed by atoms with E-state index in [1.807, 2.05) is 0 Å². The second-order valence-electron chi connectivity index (χ2n) is 7.20. The van der Waals surface area contributed by atoms with Gasteiger partial charge in [-0.25, -0.2) is 8.60 Å². The minimum Gasteiger partial charge on any atom is -0.495 e. The summed E-state index contributed by atoms with van der Waals surface area (Å²) in [7, 11) is 1.40. The summed E-state index contributed by atoms with van der Waals surface area (Å²) in [4.78, 5) is 13.0. The van der Waals surface area contributed by atoms with Crippen molar-refractivity contribution in [3.8, 4) is 16.9 Å². The lowest BCUT2D eigenvalue weighted by Crippen LogP contribution is -2.15. The number of nitrogens with one attached hydrogen (secondary N) is 1. The number of nitrogens with zero attached hydrogens (tertiary/aromatic N) is 1. The monoisotopic (exact) mass is 498 g/mol. The number of amidine groups is 1. The van der Waals surface area contributed by atoms with Crippen LogP contribution in [0.5, 0.6) is 5.75 Å². The van der Waals surface area contributed by atoms with E-state index in [1.165, 1.54) is 26.2 Å². The molecular weight excluding hydrogens is 475 g/mol. The number of rotatable bonds is 8. The highest BCUT2D eigenvalue weighted by Gasteiger charge is 2.18. The standard InChI is InChI=1S/C24H23FN4O5S/c1-14(15-6-5-7-17(12-15)23(26)29-31)22(25)24(30)28-19-11-10-16(13-20(19)33-2)18-8-3-4-9-21(18)35(32)34-27/h3-13,31H,27H2,1-2H3,(H2,26,29)(H,28,30)/b22-14+. The molecule has 1 unspecified atom stereocenters. The lowest BCUT2D eigenvalue weighted by atomic mass is 10.0. The molecule has 0 heterocycles. The molecule has 3 rings (SSSR count). The summed E-state index contributed by atoms with van der Waals surface area (Å²) in [5.41, 5.74) is 7.83. The van der Waals surface area contributed by atoms with Gasteiger partial charge in [-0.15, -0.1) is 0 Å². The summed E-state index contributed by atoms with van der Waals surface area (Å²) >= 11 is -1.88. The number of hydrogen-bond donors (Lipinski definition) is 4. The van der Waals surface area contributed by atoms with Gasteiger partial charge in [0.05, 0.1) is 17.7 Å². The third-order valence-electron chi connectivity index (χ3n) is 5.14. The molecule has 0 saturated heterocycles. The summed E-state index contributed by atoms with van der Waals surface area (Å²) in [5.74, 6) is 3.18. The Bertz CT molecular complexity index is 1340. The first-order valence-corrected chi connectivity index (χ1v) is 11.2. The molecule has 3 aromatic rings. The van der Waals surface area contributed by atoms with E-state index in [0.29, 0.717) is 27.1 Å². The third-order valence-corrected chi connectivity index (χ3v) is 6.03. The van der Waals surface area contributed by atoms with Gasteiger partial charge in [0, 0.05) is 11.1 Å². The fraction of sp³-hybridized carbons (Fsp3) is 0.0833. The van der Waals surface area contributed by atoms with E-state index in [1.54, 1.807) is 54.6 Å². The number of ether oxygens (including phenoxy) is 1. The van der Waals surface area contributed by atoms with Crippen molar-refractivity contribution in [2.45, 2.75) is 11.8 Å². The fourth-order valence-corrected chi connectivity index (χ4v) is 3.97. The van der Waals surface area contributed by atoms with Crippen molar-refractivity contribution in [3.05, 3.63) is 83.7 Å². The molecule has 6 N–H and O–H groups in total. The summed E-state index contributed by atoms with van der Waals surface area (Å²) in [6.45, 7) is 1.44. The van der Waals surface area contributed by atoms with Crippen LogP contribution in [0.2, 0.25) is 0 Å². The number of nitrogens with two attached hydrogens (primary N) is 2. The zero-order chi connectivity index (χ0) is 25.5. The van der Waals surface area contributed by atoms with Crippen molar-refractivity contribution in [1.82, 2.24) is 0 Å². The van der Waals surface area contributed by atoms with Gasteiger partial charge < -0.3 is 21.0 Å². The SMILES string of the molecule is COc1cc(-c2ccccc2S(=O)ON)ccc1NC(=O)/C(F)=C(/C)c1cccc(/C(N)=N/O)c1. The number of oxime groups is 1. The molecule has 0 saturated carbocycles. The number of allylic oxidation sites excluding steroid dienone is 1. The lowest BCUT2D eigenvalue weighted by Gasteiger charge is -2.14. The van der Waals surface area contributed by atoms with E-state index in [-0.39, 0.29) is 22.8 Å². The Kier molecular flexibility index (Phi) is 8.31. The van der Waals surface area contributed by atoms with Gasteiger partial charge >= 0.3 is 0 Å². The Morgan fingerprint density at radius 3 is 2.49 bits per heavy atom. The quantitative estimate of drug-likeness (QED) is 0.122. The second-order valence-corrected chi connectivity index (χ2v) is 8.30. The van der Waals surface area contributed by atoms with Crippen molar-refractivity contribution < 1.29 is 27.6 Å². The predicted octanol–water partition coefficient (Wildman–Crippen LogP) is 3.71. The van der Waals surface area contributed by atoms with Gasteiger partial charge in [0.2, 0.25) is 11.1 Å². The number of benzene rings is 3. The van der Waals surface area contributed by atoms with E-state index in [4.69, 9.17) is 21.6 Å². The molecule has 0 aliphatic carbocycles. The number of carbonyl (C=O) groups excluding carboxylic acids is 1. The first-order valence-electron chi connectivity index (χ1n) is 10.1. The van der Waals surface area contributed by atoms with Crippen molar-refractivity contribution in [1.29, 1.82) is 0 Å². The van der Waals surface area contributed by atoms with Gasteiger partial charge in [-0.2, -0.15) is 10.2 Å². The Balaban J connectivity index is 1.91. The van der Waals surface area contributed by atoms with E-state index in [9.17, 15) is 13.4 Å². The normalized spacial score (nSPS) is 13.1. The smallest absolute Gasteiger partial charge is 0.284 e. The molecule has 0 spiro atoms. The maximum absolute atomic E-state index is 15.0. The first-order chi connectivity index (χ1) is 16.8. The molecular formula is C24H23FN4O5S. The average Bonchev–Trinajstić information content (AvgIpc) is 2.91. The van der Waals surface area contributed by atoms with Crippen LogP contribution in [0.1, 0.15) is 18.1 Å². The highest BCUT2D eigenvalue weighted by atomic mass is 32.2. The molecule has 0 fully saturated rings. The maximum atomic E-state index is 15.0. The van der Waals surface area contributed by atoms with Crippen LogP contribution in [-0.4, -0.2) is 28.3 Å². The second kappa shape index (κ2) is 11.4. The Morgan fingerprint density at radius 2 is 1.80 bits per heavy atom. The number of hydrogen-bond acceptors (Lipinski definition) is 7. The Morgan fingerprint density at radius 1 is 1.09 bits per heavy atom. The minimum absolute atomic E-state index is 0.0591. The molecule has 9 nitrogen and oxygen atoms in total. The maximum Gasteiger partial charge on any atom is 0.284 e. The van der Waals surface area contributed by atoms with Crippen LogP contribution in [0, 0.1) is 0 Å². The van der Waals surface area contributed by atoms with Crippen molar-refractivity contribution >= 4 is 34.1 Å². The molecule has 11 heteroatoms. The molecule has 0 bridgehead atoms. The zero-order valence-corrected chi connectivity index (χ0v) is 19.6. The van der Waals surface area contributed by atoms with E-state index >= 15 is 0 Å². The van der Waals surface area contributed by atoms with Crippen LogP contribution in [0.25, 0.3) is 16.7 Å². The van der Waals surface area contributed by atoms with E-state index in [2.05, 4.69) is 14.8 Å². The largest absolute Gasteiger partial charge is 0.495 e. The average molecular weight is 499 g/mol. The molecule has 0 aliphatic rings. The lowest BCUT2D eigenvalue weighted by molar-refractivity contribution is -0.114. The molecule has 182 valence electrons. The molecule has 3 aromatic carbocycles. The van der Waals surface area contributed by atoms with Gasteiger partial charge in [-0.1, -0.05) is 47.6 Å². The van der Waals surface area contributed by atoms with Gasteiger partial charge in [0.15, 0.2) is 11.7 Å². The van der Waals surface area contributed by atoms with Crippen molar-refractivity contribution in [2.75, 3.05) is 12.4 Å². The molecule has 0 radical (unpaired) electrons. The molecule has 0 aromatic heterocycles. The summed E-state index contributed by atoms with van der Waals surface area (Å²) in [5, 5.41) is 14.3. The number of methoxy groups -OCH3 is 1. The topological polar surface area (TPSA) is 149 Å². The molecule has 1 amide bonds. The number of amides is 1. The third kappa shape index (κ3) is 5.72. The predicted molar refractivity (Wildman–Crippen MR) is 131 cm³/mol. The van der Waals surface area contributed by atoms with E-state index in [0.717, 1.165) is 0 Å².